The molecule has 1 amide bonds. The average Bonchev–Trinajstić information content (AvgIpc) is 2.83. The second-order valence-corrected chi connectivity index (χ2v) is 6.10. The smallest absolute Gasteiger partial charge is 0.448 e. The molecule has 0 spiro atoms. The third-order valence-electron chi connectivity index (χ3n) is 2.69. The first-order valence-electron chi connectivity index (χ1n) is 7.06. The van der Waals surface area contributed by atoms with Gasteiger partial charge in [0.1, 0.15) is 12.4 Å². The number of thiazole rings is 1. The van der Waals surface area contributed by atoms with Crippen molar-refractivity contribution in [3.63, 3.8) is 0 Å². The van der Waals surface area contributed by atoms with Gasteiger partial charge in [0.15, 0.2) is 5.13 Å². The molecule has 2 N–H and O–H groups in total. The van der Waals surface area contributed by atoms with E-state index in [9.17, 15) is 18.0 Å². The van der Waals surface area contributed by atoms with Gasteiger partial charge in [-0.1, -0.05) is 25.2 Å². The Morgan fingerprint density at radius 2 is 2.12 bits per heavy atom. The molecule has 10 heteroatoms. The maximum atomic E-state index is 12.2. The van der Waals surface area contributed by atoms with Crippen molar-refractivity contribution in [3.05, 3.63) is 18.2 Å². The number of hydrogen-bond donors (Lipinski definition) is 2. The van der Waals surface area contributed by atoms with E-state index in [1.54, 1.807) is 0 Å². The van der Waals surface area contributed by atoms with Crippen LogP contribution in [-0.2, 0) is 4.74 Å². The second-order valence-electron chi connectivity index (χ2n) is 5.07. The van der Waals surface area contributed by atoms with Gasteiger partial charge in [0.2, 0.25) is 0 Å². The Morgan fingerprint density at radius 1 is 1.38 bits per heavy atom. The Bertz CT molecular complexity index is 703. The van der Waals surface area contributed by atoms with Crippen LogP contribution < -0.4 is 15.4 Å². The van der Waals surface area contributed by atoms with Crippen LogP contribution in [0, 0.1) is 0 Å². The Kier molecular flexibility index (Phi) is 5.84. The van der Waals surface area contributed by atoms with Crippen LogP contribution >= 0.6 is 11.3 Å². The molecule has 0 radical (unpaired) electrons. The van der Waals surface area contributed by atoms with Gasteiger partial charge in [-0.2, -0.15) is 0 Å². The lowest BCUT2D eigenvalue weighted by atomic mass is 10.3. The van der Waals surface area contributed by atoms with E-state index in [1.165, 1.54) is 12.1 Å². The summed E-state index contributed by atoms with van der Waals surface area (Å²) >= 11 is 1.02. The highest BCUT2D eigenvalue weighted by molar-refractivity contribution is 7.22. The molecule has 0 unspecified atom stereocenters. The van der Waals surface area contributed by atoms with Crippen LogP contribution in [0.25, 0.3) is 10.2 Å². The minimum Gasteiger partial charge on any atom is -0.448 e. The predicted molar refractivity (Wildman–Crippen MR) is 84.4 cm³/mol. The lowest BCUT2D eigenvalue weighted by molar-refractivity contribution is -0.274. The number of hydrogen-bond acceptors (Lipinski definition) is 6. The predicted octanol–water partition coefficient (Wildman–Crippen LogP) is 3.74. The van der Waals surface area contributed by atoms with Crippen molar-refractivity contribution in [1.29, 1.82) is 0 Å². The van der Waals surface area contributed by atoms with Gasteiger partial charge in [-0.25, -0.2) is 9.78 Å². The highest BCUT2D eigenvalue weighted by atomic mass is 32.1. The summed E-state index contributed by atoms with van der Waals surface area (Å²) in [4.78, 5) is 15.7. The zero-order chi connectivity index (χ0) is 17.7. The SMILES string of the molecule is CC(C)NCCOC(=O)Nc1nc2ccc(OC(F)(F)F)cc2s1. The summed E-state index contributed by atoms with van der Waals surface area (Å²) in [5, 5.41) is 5.76. The fourth-order valence-electron chi connectivity index (χ4n) is 1.77. The highest BCUT2D eigenvalue weighted by Crippen LogP contribution is 2.31. The fourth-order valence-corrected chi connectivity index (χ4v) is 2.65. The molecule has 1 heterocycles. The van der Waals surface area contributed by atoms with Crippen molar-refractivity contribution < 1.29 is 27.4 Å². The fraction of sp³-hybridized carbons (Fsp3) is 0.429. The van der Waals surface area contributed by atoms with Gasteiger partial charge in [0.05, 0.1) is 10.2 Å². The molecule has 2 aromatic rings. The van der Waals surface area contributed by atoms with Crippen LogP contribution in [0.15, 0.2) is 18.2 Å². The number of alkyl halides is 3. The summed E-state index contributed by atoms with van der Waals surface area (Å²) in [6.07, 6.45) is -5.43. The molecular formula is C14H16F3N3O3S. The molecule has 0 bridgehead atoms. The summed E-state index contributed by atoms with van der Waals surface area (Å²) in [5.41, 5.74) is 0.450. The van der Waals surface area contributed by atoms with Crippen molar-refractivity contribution in [2.75, 3.05) is 18.5 Å². The number of fused-ring (bicyclic) bond motifs is 1. The number of ether oxygens (including phenoxy) is 2. The van der Waals surface area contributed by atoms with Gasteiger partial charge < -0.3 is 14.8 Å². The summed E-state index contributed by atoms with van der Waals surface area (Å²) in [5.74, 6) is -0.340. The Hall–Kier alpha value is -2.07. The monoisotopic (exact) mass is 363 g/mol. The summed E-state index contributed by atoms with van der Waals surface area (Å²) < 4.78 is 45.9. The van der Waals surface area contributed by atoms with E-state index in [4.69, 9.17) is 4.74 Å². The molecule has 2 rings (SSSR count). The molecule has 0 aliphatic heterocycles. The second kappa shape index (κ2) is 7.67. The molecular weight excluding hydrogens is 347 g/mol. The molecule has 0 aliphatic rings. The van der Waals surface area contributed by atoms with Crippen LogP contribution in [0.1, 0.15) is 13.8 Å². The van der Waals surface area contributed by atoms with E-state index in [0.717, 1.165) is 17.4 Å². The molecule has 0 aliphatic carbocycles. The molecule has 6 nitrogen and oxygen atoms in total. The van der Waals surface area contributed by atoms with Gasteiger partial charge in [-0.15, -0.1) is 13.2 Å². The van der Waals surface area contributed by atoms with Crippen molar-refractivity contribution in [1.82, 2.24) is 10.3 Å². The zero-order valence-corrected chi connectivity index (χ0v) is 13.8. The number of carbonyl (C=O) groups is 1. The molecule has 0 atom stereocenters. The van der Waals surface area contributed by atoms with E-state index in [2.05, 4.69) is 20.4 Å². The largest absolute Gasteiger partial charge is 0.573 e. The molecule has 24 heavy (non-hydrogen) atoms. The third kappa shape index (κ3) is 5.85. The summed E-state index contributed by atoms with van der Waals surface area (Å²) in [7, 11) is 0. The number of nitrogens with one attached hydrogen (secondary N) is 2. The lowest BCUT2D eigenvalue weighted by Gasteiger charge is -2.08. The summed E-state index contributed by atoms with van der Waals surface area (Å²) in [6.45, 7) is 4.65. The number of nitrogens with zero attached hydrogens (tertiary/aromatic N) is 1. The van der Waals surface area contributed by atoms with E-state index >= 15 is 0 Å². The van der Waals surface area contributed by atoms with E-state index in [0.29, 0.717) is 16.8 Å². The van der Waals surface area contributed by atoms with Crippen LogP contribution in [-0.4, -0.2) is 36.6 Å². The molecule has 1 aromatic heterocycles. The van der Waals surface area contributed by atoms with Crippen LogP contribution in [0.5, 0.6) is 5.75 Å². The van der Waals surface area contributed by atoms with E-state index < -0.39 is 12.5 Å². The third-order valence-corrected chi connectivity index (χ3v) is 3.62. The van der Waals surface area contributed by atoms with Gasteiger partial charge in [-0.3, -0.25) is 5.32 Å². The normalized spacial score (nSPS) is 11.8. The van der Waals surface area contributed by atoms with Gasteiger partial charge in [0, 0.05) is 18.7 Å². The Balaban J connectivity index is 1.94. The van der Waals surface area contributed by atoms with E-state index in [1.807, 2.05) is 13.8 Å². The standard InChI is InChI=1S/C14H16F3N3O3S/c1-8(2)18-5-6-22-13(21)20-12-19-10-4-3-9(7-11(10)24-12)23-14(15,16)17/h3-4,7-8,18H,5-6H2,1-2H3,(H,19,20,21). The van der Waals surface area contributed by atoms with Crippen molar-refractivity contribution in [3.8, 4) is 5.75 Å². The van der Waals surface area contributed by atoms with E-state index in [-0.39, 0.29) is 23.5 Å². The number of rotatable bonds is 6. The van der Waals surface area contributed by atoms with Crippen molar-refractivity contribution in [2.45, 2.75) is 26.3 Å². The van der Waals surface area contributed by atoms with Gasteiger partial charge in [-0.05, 0) is 12.1 Å². The van der Waals surface area contributed by atoms with Crippen molar-refractivity contribution >= 4 is 32.8 Å². The minimum absolute atomic E-state index is 0.193. The number of halogens is 3. The topological polar surface area (TPSA) is 72.5 Å². The van der Waals surface area contributed by atoms with Crippen LogP contribution in [0.2, 0.25) is 0 Å². The summed E-state index contributed by atoms with van der Waals surface area (Å²) in [6, 6.07) is 4.04. The van der Waals surface area contributed by atoms with Crippen molar-refractivity contribution in [2.24, 2.45) is 0 Å². The molecule has 0 saturated carbocycles. The number of amides is 1. The average molecular weight is 363 g/mol. The molecule has 0 fully saturated rings. The molecule has 0 saturated heterocycles. The Labute approximate surface area is 140 Å². The number of benzene rings is 1. The van der Waals surface area contributed by atoms with Crippen LogP contribution in [0.4, 0.5) is 23.1 Å². The zero-order valence-electron chi connectivity index (χ0n) is 12.9. The van der Waals surface area contributed by atoms with Gasteiger partial charge >= 0.3 is 12.5 Å². The Morgan fingerprint density at radius 3 is 2.79 bits per heavy atom. The first kappa shape index (κ1) is 18.3. The highest BCUT2D eigenvalue weighted by Gasteiger charge is 2.31. The first-order chi connectivity index (χ1) is 11.2. The lowest BCUT2D eigenvalue weighted by Crippen LogP contribution is -2.28. The minimum atomic E-state index is -4.76. The quantitative estimate of drug-likeness (QED) is 0.765. The maximum Gasteiger partial charge on any atom is 0.573 e. The number of carbonyl (C=O) groups excluding carboxylic acids is 1. The van der Waals surface area contributed by atoms with Gasteiger partial charge in [0.25, 0.3) is 0 Å². The maximum absolute atomic E-state index is 12.2. The number of anilines is 1. The van der Waals surface area contributed by atoms with Crippen LogP contribution in [0.3, 0.4) is 0 Å². The molecule has 1 aromatic carbocycles. The molecule has 132 valence electrons. The number of aromatic nitrogens is 1. The first-order valence-corrected chi connectivity index (χ1v) is 7.88.